The Hall–Kier alpha value is -7.36. The second-order valence-corrected chi connectivity index (χ2v) is 24.7. The van der Waals surface area contributed by atoms with Crippen LogP contribution >= 0.6 is 0 Å². The molecule has 2 aliphatic rings. The standard InChI is InChI=1S/C70H69BN2/c1-67(2,3)51-34-38-60(55(42-51)47-26-18-14-19-27-47)72-62-36-32-49(46-24-16-13-17-25-46)40-58(62)71-59-41-50(54-30-22-23-31-57(54)70(10,11)12)33-37-63(59)73(65-45-53(69(7,8)9)44-64(72)66(65)71)61-39-35-52(68(4,5)6)43-56(61)48-28-20-15-21-29-48/h13-45H,1-12H3. The van der Waals surface area contributed by atoms with E-state index in [4.69, 9.17) is 0 Å². The lowest BCUT2D eigenvalue weighted by Gasteiger charge is -2.46. The van der Waals surface area contributed by atoms with Crippen LogP contribution in [0, 0.1) is 0 Å². The van der Waals surface area contributed by atoms with Gasteiger partial charge in [0, 0.05) is 33.9 Å². The van der Waals surface area contributed by atoms with Crippen molar-refractivity contribution >= 4 is 57.2 Å². The molecule has 2 heterocycles. The quantitative estimate of drug-likeness (QED) is 0.153. The van der Waals surface area contributed by atoms with Gasteiger partial charge in [0.15, 0.2) is 0 Å². The van der Waals surface area contributed by atoms with Gasteiger partial charge >= 0.3 is 0 Å². The van der Waals surface area contributed by atoms with E-state index in [1.807, 2.05) is 0 Å². The van der Waals surface area contributed by atoms with Crippen molar-refractivity contribution in [2.24, 2.45) is 0 Å². The highest BCUT2D eigenvalue weighted by molar-refractivity contribution is 7.00. The minimum absolute atomic E-state index is 0.0462. The average molecular weight is 949 g/mol. The third-order valence-corrected chi connectivity index (χ3v) is 15.5. The van der Waals surface area contributed by atoms with Gasteiger partial charge in [0.2, 0.25) is 0 Å². The summed E-state index contributed by atoms with van der Waals surface area (Å²) in [5.41, 5.74) is 25.8. The van der Waals surface area contributed by atoms with Crippen LogP contribution in [-0.4, -0.2) is 6.71 Å². The van der Waals surface area contributed by atoms with Crippen molar-refractivity contribution in [3.8, 4) is 44.5 Å². The van der Waals surface area contributed by atoms with E-state index < -0.39 is 0 Å². The van der Waals surface area contributed by atoms with Crippen LogP contribution in [0.2, 0.25) is 0 Å². The predicted octanol–water partition coefficient (Wildman–Crippen LogP) is 17.6. The van der Waals surface area contributed by atoms with E-state index in [1.54, 1.807) is 0 Å². The highest BCUT2D eigenvalue weighted by Gasteiger charge is 2.45. The molecule has 0 unspecified atom stereocenters. The molecule has 9 aromatic carbocycles. The summed E-state index contributed by atoms with van der Waals surface area (Å²) < 4.78 is 0. The largest absolute Gasteiger partial charge is 0.311 e. The zero-order valence-corrected chi connectivity index (χ0v) is 45.0. The minimum Gasteiger partial charge on any atom is -0.311 e. The molecule has 362 valence electrons. The van der Waals surface area contributed by atoms with Gasteiger partial charge in [0.25, 0.3) is 6.71 Å². The summed E-state index contributed by atoms with van der Waals surface area (Å²) >= 11 is 0. The lowest BCUT2D eigenvalue weighted by molar-refractivity contribution is 0.590. The number of hydrogen-bond donors (Lipinski definition) is 0. The van der Waals surface area contributed by atoms with E-state index in [1.165, 1.54) is 117 Å². The number of anilines is 6. The Morgan fingerprint density at radius 1 is 0.274 bits per heavy atom. The van der Waals surface area contributed by atoms with E-state index >= 15 is 0 Å². The van der Waals surface area contributed by atoms with Crippen molar-refractivity contribution in [1.29, 1.82) is 0 Å². The molecule has 0 bridgehead atoms. The Morgan fingerprint density at radius 2 is 0.671 bits per heavy atom. The van der Waals surface area contributed by atoms with Crippen LogP contribution in [0.15, 0.2) is 200 Å². The van der Waals surface area contributed by atoms with E-state index in [2.05, 4.69) is 293 Å². The Labute approximate surface area is 436 Å². The van der Waals surface area contributed by atoms with Crippen molar-refractivity contribution in [3.05, 3.63) is 222 Å². The minimum atomic E-state index is -0.173. The number of nitrogens with zero attached hydrogens (tertiary/aromatic N) is 2. The zero-order chi connectivity index (χ0) is 51.2. The van der Waals surface area contributed by atoms with Gasteiger partial charge in [-0.05, 0) is 142 Å². The molecule has 0 saturated carbocycles. The molecule has 0 spiro atoms. The van der Waals surface area contributed by atoms with Crippen molar-refractivity contribution in [3.63, 3.8) is 0 Å². The first-order valence-corrected chi connectivity index (χ1v) is 26.4. The van der Waals surface area contributed by atoms with Gasteiger partial charge in [0.05, 0.1) is 11.4 Å². The van der Waals surface area contributed by atoms with Crippen LogP contribution < -0.4 is 26.2 Å². The molecule has 9 aromatic rings. The van der Waals surface area contributed by atoms with Crippen LogP contribution in [0.5, 0.6) is 0 Å². The summed E-state index contributed by atoms with van der Waals surface area (Å²) in [5, 5.41) is 0. The number of benzene rings is 9. The number of rotatable bonds is 6. The summed E-state index contributed by atoms with van der Waals surface area (Å²) in [6.07, 6.45) is 0. The molecule has 0 atom stereocenters. The number of fused-ring (bicyclic) bond motifs is 4. The smallest absolute Gasteiger partial charge is 0.252 e. The second kappa shape index (κ2) is 17.7. The molecular weight excluding hydrogens is 880 g/mol. The maximum atomic E-state index is 2.64. The highest BCUT2D eigenvalue weighted by atomic mass is 15.2. The fourth-order valence-electron chi connectivity index (χ4n) is 11.4. The van der Waals surface area contributed by atoms with Gasteiger partial charge in [-0.1, -0.05) is 235 Å². The molecule has 3 heteroatoms. The molecule has 0 saturated heterocycles. The molecule has 11 rings (SSSR count). The van der Waals surface area contributed by atoms with Gasteiger partial charge in [-0.2, -0.15) is 0 Å². The predicted molar refractivity (Wildman–Crippen MR) is 317 cm³/mol. The van der Waals surface area contributed by atoms with Crippen molar-refractivity contribution in [2.45, 2.75) is 105 Å². The monoisotopic (exact) mass is 949 g/mol. The second-order valence-electron chi connectivity index (χ2n) is 24.7. The summed E-state index contributed by atoms with van der Waals surface area (Å²) in [4.78, 5) is 5.27. The van der Waals surface area contributed by atoms with Crippen LogP contribution in [0.1, 0.15) is 105 Å². The molecule has 0 aromatic heterocycles. The normalized spacial score (nSPS) is 13.4. The molecule has 73 heavy (non-hydrogen) atoms. The van der Waals surface area contributed by atoms with Gasteiger partial charge in [-0.15, -0.1) is 0 Å². The first-order chi connectivity index (χ1) is 34.8. The van der Waals surface area contributed by atoms with Crippen molar-refractivity contribution < 1.29 is 0 Å². The number of hydrogen-bond acceptors (Lipinski definition) is 2. The van der Waals surface area contributed by atoms with E-state index in [9.17, 15) is 0 Å². The van der Waals surface area contributed by atoms with Gasteiger partial charge < -0.3 is 9.80 Å². The zero-order valence-electron chi connectivity index (χ0n) is 45.0. The third-order valence-electron chi connectivity index (χ3n) is 15.5. The molecule has 0 amide bonds. The summed E-state index contributed by atoms with van der Waals surface area (Å²) in [7, 11) is 0. The molecule has 2 aliphatic heterocycles. The lowest BCUT2D eigenvalue weighted by atomic mass is 9.33. The topological polar surface area (TPSA) is 6.48 Å². The lowest BCUT2D eigenvalue weighted by Crippen LogP contribution is -2.61. The molecule has 0 aliphatic carbocycles. The first-order valence-electron chi connectivity index (χ1n) is 26.4. The van der Waals surface area contributed by atoms with Crippen LogP contribution in [0.4, 0.5) is 34.1 Å². The summed E-state index contributed by atoms with van der Waals surface area (Å²) in [6.45, 7) is 28.0. The summed E-state index contributed by atoms with van der Waals surface area (Å²) in [5.74, 6) is 0. The average Bonchev–Trinajstić information content (AvgIpc) is 3.37. The van der Waals surface area contributed by atoms with Crippen molar-refractivity contribution in [1.82, 2.24) is 0 Å². The Balaban J connectivity index is 1.30. The van der Waals surface area contributed by atoms with E-state index in [0.717, 1.165) is 0 Å². The first kappa shape index (κ1) is 47.9. The molecule has 2 nitrogen and oxygen atoms in total. The Kier molecular flexibility index (Phi) is 11.6. The van der Waals surface area contributed by atoms with Gasteiger partial charge in [-0.3, -0.25) is 0 Å². The van der Waals surface area contributed by atoms with E-state index in [-0.39, 0.29) is 28.4 Å². The van der Waals surface area contributed by atoms with Crippen molar-refractivity contribution in [2.75, 3.05) is 9.80 Å². The molecular formula is C70H69BN2. The SMILES string of the molecule is CC(C)(C)c1ccc(N2c3ccc(-c4ccccc4)cc3B3c4cc(-c5ccccc5C(C)(C)C)ccc4N(c4ccc(C(C)(C)C)cc4-c4ccccc4)c4cc(C(C)(C)C)cc2c43)c(-c2ccccc2)c1. The molecule has 0 fully saturated rings. The van der Waals surface area contributed by atoms with Crippen LogP contribution in [0.25, 0.3) is 44.5 Å². The Bertz CT molecular complexity index is 3530. The van der Waals surface area contributed by atoms with Gasteiger partial charge in [-0.25, -0.2) is 0 Å². The Morgan fingerprint density at radius 3 is 1.12 bits per heavy atom. The maximum absolute atomic E-state index is 2.64. The van der Waals surface area contributed by atoms with E-state index in [0.29, 0.717) is 0 Å². The van der Waals surface area contributed by atoms with Crippen LogP contribution in [0.3, 0.4) is 0 Å². The third kappa shape index (κ3) is 8.61. The highest BCUT2D eigenvalue weighted by Crippen LogP contribution is 2.51. The summed E-state index contributed by atoms with van der Waals surface area (Å²) in [6, 6.07) is 76.3. The van der Waals surface area contributed by atoms with Gasteiger partial charge in [0.1, 0.15) is 0 Å². The van der Waals surface area contributed by atoms with Crippen LogP contribution in [-0.2, 0) is 21.7 Å². The fourth-order valence-corrected chi connectivity index (χ4v) is 11.4. The molecule has 0 N–H and O–H groups in total. The molecule has 0 radical (unpaired) electrons. The maximum Gasteiger partial charge on any atom is 0.252 e. The fraction of sp³-hybridized carbons (Fsp3) is 0.229.